The number of carboxylic acid groups (broad SMARTS) is 1. The number of nitrogens with one attached hydrogen (secondary N) is 2. The van der Waals surface area contributed by atoms with E-state index < -0.39 is 18.4 Å². The van der Waals surface area contributed by atoms with E-state index in [4.69, 9.17) is 9.52 Å². The topological polar surface area (TPSA) is 122 Å². The lowest BCUT2D eigenvalue weighted by Crippen LogP contribution is -2.39. The third-order valence-corrected chi connectivity index (χ3v) is 3.86. The summed E-state index contributed by atoms with van der Waals surface area (Å²) in [5.74, 6) is -0.532. The predicted molar refractivity (Wildman–Crippen MR) is 98.0 cm³/mol. The van der Waals surface area contributed by atoms with Gasteiger partial charge < -0.3 is 20.2 Å². The van der Waals surface area contributed by atoms with Gasteiger partial charge in [0.05, 0.1) is 12.7 Å². The number of oxazole rings is 1. The molecule has 0 aliphatic rings. The molecule has 1 heterocycles. The van der Waals surface area contributed by atoms with Crippen LogP contribution in [0.15, 0.2) is 34.9 Å². The summed E-state index contributed by atoms with van der Waals surface area (Å²) in [7, 11) is 0. The van der Waals surface area contributed by atoms with Crippen LogP contribution in [0, 0.1) is 0 Å². The van der Waals surface area contributed by atoms with Crippen LogP contribution in [0.2, 0.25) is 0 Å². The monoisotopic (exact) mass is 373 g/mol. The fourth-order valence-corrected chi connectivity index (χ4v) is 2.32. The van der Waals surface area contributed by atoms with Gasteiger partial charge in [-0.15, -0.1) is 0 Å². The largest absolute Gasteiger partial charge is 0.480 e. The quantitative estimate of drug-likeness (QED) is 0.615. The maximum absolute atomic E-state index is 11.8. The summed E-state index contributed by atoms with van der Waals surface area (Å²) in [6, 6.07) is 8.04. The molecule has 8 heteroatoms. The average Bonchev–Trinajstić information content (AvgIpc) is 3.12. The number of benzene rings is 1. The molecule has 144 valence electrons. The zero-order valence-corrected chi connectivity index (χ0v) is 15.3. The summed E-state index contributed by atoms with van der Waals surface area (Å²) in [6.07, 6.45) is 2.03. The Labute approximate surface area is 157 Å². The van der Waals surface area contributed by atoms with Crippen molar-refractivity contribution in [2.24, 2.45) is 0 Å². The minimum Gasteiger partial charge on any atom is -0.480 e. The number of aryl methyl sites for hydroxylation is 1. The molecule has 0 aliphatic carbocycles. The lowest BCUT2D eigenvalue weighted by Gasteiger charge is -2.05. The van der Waals surface area contributed by atoms with Crippen molar-refractivity contribution in [1.29, 1.82) is 0 Å². The number of amides is 2. The average molecular weight is 373 g/mol. The van der Waals surface area contributed by atoms with E-state index in [0.29, 0.717) is 24.0 Å². The van der Waals surface area contributed by atoms with Crippen LogP contribution in [-0.4, -0.2) is 41.0 Å². The molecule has 0 fully saturated rings. The Morgan fingerprint density at radius 3 is 2.37 bits per heavy atom. The van der Waals surface area contributed by atoms with Gasteiger partial charge in [0.2, 0.25) is 11.8 Å². The lowest BCUT2D eigenvalue weighted by molar-refractivity contribution is -0.137. The first-order valence-corrected chi connectivity index (χ1v) is 8.65. The molecule has 0 bridgehead atoms. The fraction of sp³-hybridized carbons (Fsp3) is 0.368. The first-order chi connectivity index (χ1) is 12.8. The van der Waals surface area contributed by atoms with E-state index in [1.54, 1.807) is 6.20 Å². The third-order valence-electron chi connectivity index (χ3n) is 3.86. The van der Waals surface area contributed by atoms with Crippen LogP contribution < -0.4 is 10.6 Å². The Balaban J connectivity index is 1.79. The SMILES string of the molecule is CC(C)c1ccc(-c2cnc(CCC(=O)NCC(=O)NCC(=O)O)o2)cc1. The summed E-state index contributed by atoms with van der Waals surface area (Å²) in [6.45, 7) is 3.50. The van der Waals surface area contributed by atoms with Crippen LogP contribution in [0.5, 0.6) is 0 Å². The van der Waals surface area contributed by atoms with Crippen LogP contribution in [-0.2, 0) is 20.8 Å². The maximum atomic E-state index is 11.8. The van der Waals surface area contributed by atoms with Gasteiger partial charge in [0, 0.05) is 18.4 Å². The first-order valence-electron chi connectivity index (χ1n) is 8.65. The smallest absolute Gasteiger partial charge is 0.322 e. The Kier molecular flexibility index (Phi) is 7.10. The van der Waals surface area contributed by atoms with E-state index >= 15 is 0 Å². The van der Waals surface area contributed by atoms with E-state index in [1.165, 1.54) is 5.56 Å². The second kappa shape index (κ2) is 9.51. The van der Waals surface area contributed by atoms with Crippen molar-refractivity contribution < 1.29 is 23.9 Å². The Morgan fingerprint density at radius 2 is 1.74 bits per heavy atom. The molecule has 0 saturated carbocycles. The summed E-state index contributed by atoms with van der Waals surface area (Å²) in [4.78, 5) is 37.6. The van der Waals surface area contributed by atoms with Crippen molar-refractivity contribution in [3.8, 4) is 11.3 Å². The molecule has 2 aromatic rings. The zero-order chi connectivity index (χ0) is 19.8. The van der Waals surface area contributed by atoms with Gasteiger partial charge in [-0.05, 0) is 11.5 Å². The summed E-state index contributed by atoms with van der Waals surface area (Å²) in [5, 5.41) is 13.0. The van der Waals surface area contributed by atoms with Gasteiger partial charge in [0.1, 0.15) is 6.54 Å². The molecule has 1 aromatic carbocycles. The van der Waals surface area contributed by atoms with E-state index in [0.717, 1.165) is 5.56 Å². The molecule has 0 aliphatic heterocycles. The van der Waals surface area contributed by atoms with Crippen LogP contribution in [0.1, 0.15) is 37.6 Å². The summed E-state index contributed by atoms with van der Waals surface area (Å²) in [5.41, 5.74) is 2.15. The molecule has 8 nitrogen and oxygen atoms in total. The third kappa shape index (κ3) is 6.58. The van der Waals surface area contributed by atoms with Gasteiger partial charge >= 0.3 is 5.97 Å². The van der Waals surface area contributed by atoms with Crippen LogP contribution in [0.3, 0.4) is 0 Å². The second-order valence-corrected chi connectivity index (χ2v) is 6.34. The van der Waals surface area contributed by atoms with Crippen molar-refractivity contribution in [1.82, 2.24) is 15.6 Å². The number of carbonyl (C=O) groups is 3. The molecular formula is C19H23N3O5. The van der Waals surface area contributed by atoms with Gasteiger partial charge in [0.25, 0.3) is 0 Å². The maximum Gasteiger partial charge on any atom is 0.322 e. The molecule has 0 atom stereocenters. The van der Waals surface area contributed by atoms with E-state index in [-0.39, 0.29) is 18.9 Å². The van der Waals surface area contributed by atoms with Gasteiger partial charge in [-0.25, -0.2) is 4.98 Å². The van der Waals surface area contributed by atoms with Crippen LogP contribution in [0.4, 0.5) is 0 Å². The van der Waals surface area contributed by atoms with Crippen molar-refractivity contribution in [3.63, 3.8) is 0 Å². The van der Waals surface area contributed by atoms with Gasteiger partial charge in [-0.2, -0.15) is 0 Å². The lowest BCUT2D eigenvalue weighted by atomic mass is 10.0. The highest BCUT2D eigenvalue weighted by Crippen LogP contribution is 2.23. The summed E-state index contributed by atoms with van der Waals surface area (Å²) < 4.78 is 5.68. The minimum absolute atomic E-state index is 0.110. The van der Waals surface area contributed by atoms with Crippen molar-refractivity contribution in [3.05, 3.63) is 41.9 Å². The molecule has 0 radical (unpaired) electrons. The molecule has 2 amide bonds. The second-order valence-electron chi connectivity index (χ2n) is 6.34. The fourth-order valence-electron chi connectivity index (χ4n) is 2.32. The standard InChI is InChI=1S/C19H23N3O5/c1-12(2)13-3-5-14(6-4-13)15-9-22-18(27-15)8-7-16(23)20-10-17(24)21-11-19(25)26/h3-6,9,12H,7-8,10-11H2,1-2H3,(H,20,23)(H,21,24)(H,25,26). The zero-order valence-electron chi connectivity index (χ0n) is 15.3. The normalized spacial score (nSPS) is 10.6. The molecule has 0 unspecified atom stereocenters. The number of carbonyl (C=O) groups excluding carboxylic acids is 2. The van der Waals surface area contributed by atoms with Gasteiger partial charge in [-0.1, -0.05) is 38.1 Å². The Morgan fingerprint density at radius 1 is 1.07 bits per heavy atom. The molecule has 2 rings (SSSR count). The number of hydrogen-bond donors (Lipinski definition) is 3. The molecule has 0 spiro atoms. The number of carboxylic acids is 1. The molecule has 1 aromatic heterocycles. The minimum atomic E-state index is -1.15. The number of nitrogens with zero attached hydrogens (tertiary/aromatic N) is 1. The first kappa shape index (κ1) is 20.2. The van der Waals surface area contributed by atoms with Gasteiger partial charge in [0.15, 0.2) is 11.7 Å². The Hall–Kier alpha value is -3.16. The number of rotatable bonds is 9. The van der Waals surface area contributed by atoms with Crippen molar-refractivity contribution in [2.45, 2.75) is 32.6 Å². The van der Waals surface area contributed by atoms with Crippen molar-refractivity contribution >= 4 is 17.8 Å². The highest BCUT2D eigenvalue weighted by Gasteiger charge is 2.11. The molecule has 27 heavy (non-hydrogen) atoms. The highest BCUT2D eigenvalue weighted by atomic mass is 16.4. The predicted octanol–water partition coefficient (Wildman–Crippen LogP) is 1.71. The number of hydrogen-bond acceptors (Lipinski definition) is 5. The number of aliphatic carboxylic acids is 1. The van der Waals surface area contributed by atoms with Crippen LogP contribution in [0.25, 0.3) is 11.3 Å². The molecule has 3 N–H and O–H groups in total. The molecule has 0 saturated heterocycles. The number of aromatic nitrogens is 1. The van der Waals surface area contributed by atoms with Crippen LogP contribution >= 0.6 is 0 Å². The van der Waals surface area contributed by atoms with E-state index in [2.05, 4.69) is 29.5 Å². The van der Waals surface area contributed by atoms with E-state index in [1.807, 2.05) is 24.3 Å². The van der Waals surface area contributed by atoms with E-state index in [9.17, 15) is 14.4 Å². The van der Waals surface area contributed by atoms with Gasteiger partial charge in [-0.3, -0.25) is 14.4 Å². The summed E-state index contributed by atoms with van der Waals surface area (Å²) >= 11 is 0. The van der Waals surface area contributed by atoms with Crippen molar-refractivity contribution in [2.75, 3.05) is 13.1 Å². The molecular weight excluding hydrogens is 350 g/mol. The Bertz CT molecular complexity index is 796. The highest BCUT2D eigenvalue weighted by molar-refractivity contribution is 5.86.